The van der Waals surface area contributed by atoms with E-state index in [-0.39, 0.29) is 5.78 Å². The second-order valence-electron chi connectivity index (χ2n) is 4.44. The highest BCUT2D eigenvalue weighted by molar-refractivity contribution is 6.42. The highest BCUT2D eigenvalue weighted by Crippen LogP contribution is 2.24. The van der Waals surface area contributed by atoms with E-state index >= 15 is 0 Å². The molecule has 0 fully saturated rings. The van der Waals surface area contributed by atoms with Gasteiger partial charge in [0.1, 0.15) is 0 Å². The lowest BCUT2D eigenvalue weighted by molar-refractivity contribution is 0.0972. The van der Waals surface area contributed by atoms with Crippen molar-refractivity contribution in [2.75, 3.05) is 6.54 Å². The molecule has 2 nitrogen and oxygen atoms in total. The van der Waals surface area contributed by atoms with Gasteiger partial charge in [0.15, 0.2) is 5.78 Å². The fourth-order valence-electron chi connectivity index (χ4n) is 1.94. The molecule has 0 saturated heterocycles. The van der Waals surface area contributed by atoms with Crippen molar-refractivity contribution in [1.29, 1.82) is 0 Å². The third-order valence-corrected chi connectivity index (χ3v) is 3.91. The van der Waals surface area contributed by atoms with Gasteiger partial charge in [-0.05, 0) is 43.5 Å². The fourth-order valence-corrected chi connectivity index (χ4v) is 2.24. The van der Waals surface area contributed by atoms with E-state index in [4.69, 9.17) is 28.9 Å². The maximum Gasteiger partial charge on any atom is 0.162 e. The average Bonchev–Trinajstić information content (AvgIpc) is 2.37. The van der Waals surface area contributed by atoms with Crippen molar-refractivity contribution < 1.29 is 4.79 Å². The van der Waals surface area contributed by atoms with E-state index < -0.39 is 0 Å². The van der Waals surface area contributed by atoms with Crippen LogP contribution in [0.1, 0.15) is 43.0 Å². The number of benzene rings is 1. The van der Waals surface area contributed by atoms with Crippen LogP contribution < -0.4 is 5.73 Å². The summed E-state index contributed by atoms with van der Waals surface area (Å²) >= 11 is 11.7. The lowest BCUT2D eigenvalue weighted by atomic mass is 9.94. The van der Waals surface area contributed by atoms with Gasteiger partial charge < -0.3 is 5.73 Å². The normalized spacial score (nSPS) is 12.4. The molecule has 0 saturated carbocycles. The van der Waals surface area contributed by atoms with Crippen LogP contribution in [-0.4, -0.2) is 12.3 Å². The van der Waals surface area contributed by atoms with Crippen LogP contribution in [0.5, 0.6) is 0 Å². The summed E-state index contributed by atoms with van der Waals surface area (Å²) in [4.78, 5) is 12.0. The Bertz CT molecular complexity index is 407. The molecule has 0 aliphatic carbocycles. The van der Waals surface area contributed by atoms with Crippen LogP contribution >= 0.6 is 23.2 Å². The molecule has 2 N–H and O–H groups in total. The third-order valence-electron chi connectivity index (χ3n) is 3.17. The topological polar surface area (TPSA) is 43.1 Å². The van der Waals surface area contributed by atoms with Gasteiger partial charge >= 0.3 is 0 Å². The number of carbonyl (C=O) groups excluding carboxylic acids is 1. The highest BCUT2D eigenvalue weighted by atomic mass is 35.5. The average molecular weight is 288 g/mol. The molecule has 0 aliphatic rings. The maximum absolute atomic E-state index is 12.0. The quantitative estimate of drug-likeness (QED) is 0.759. The molecule has 0 amide bonds. The zero-order chi connectivity index (χ0) is 13.5. The van der Waals surface area contributed by atoms with Gasteiger partial charge in [-0.25, -0.2) is 0 Å². The highest BCUT2D eigenvalue weighted by Gasteiger charge is 2.11. The lowest BCUT2D eigenvalue weighted by Gasteiger charge is -2.12. The van der Waals surface area contributed by atoms with E-state index in [0.29, 0.717) is 34.5 Å². The molecule has 4 heteroatoms. The van der Waals surface area contributed by atoms with Crippen LogP contribution in [0.3, 0.4) is 0 Å². The van der Waals surface area contributed by atoms with E-state index in [1.54, 1.807) is 18.2 Å². The van der Waals surface area contributed by atoms with Gasteiger partial charge in [0.05, 0.1) is 10.0 Å². The Labute approximate surface area is 118 Å². The number of hydrogen-bond acceptors (Lipinski definition) is 2. The monoisotopic (exact) mass is 287 g/mol. The first-order valence-electron chi connectivity index (χ1n) is 6.26. The second-order valence-corrected chi connectivity index (χ2v) is 5.26. The summed E-state index contributed by atoms with van der Waals surface area (Å²) in [5.41, 5.74) is 6.17. The van der Waals surface area contributed by atoms with Gasteiger partial charge in [-0.2, -0.15) is 0 Å². The molecular weight excluding hydrogens is 269 g/mol. The second kappa shape index (κ2) is 7.78. The summed E-state index contributed by atoms with van der Waals surface area (Å²) in [6.45, 7) is 2.81. The van der Waals surface area contributed by atoms with Gasteiger partial charge in [-0.1, -0.05) is 36.5 Å². The molecule has 1 aromatic carbocycles. The summed E-state index contributed by atoms with van der Waals surface area (Å²) in [6, 6.07) is 5.02. The summed E-state index contributed by atoms with van der Waals surface area (Å²) in [7, 11) is 0. The Kier molecular flexibility index (Phi) is 6.69. The summed E-state index contributed by atoms with van der Waals surface area (Å²) in [6.07, 6.45) is 3.46. The molecule has 0 aromatic heterocycles. The number of ketones is 1. The Balaban J connectivity index is 2.57. The van der Waals surface area contributed by atoms with Crippen molar-refractivity contribution >= 4 is 29.0 Å². The first kappa shape index (κ1) is 15.5. The number of Topliss-reactive ketones (excluding diaryl/α,β-unsaturated/α-hetero) is 1. The summed E-state index contributed by atoms with van der Waals surface area (Å²) in [5, 5.41) is 0.902. The molecule has 0 heterocycles. The molecule has 1 rings (SSSR count). The zero-order valence-electron chi connectivity index (χ0n) is 10.6. The summed E-state index contributed by atoms with van der Waals surface area (Å²) < 4.78 is 0. The third kappa shape index (κ3) is 4.60. The summed E-state index contributed by atoms with van der Waals surface area (Å²) in [5.74, 6) is 0.644. The van der Waals surface area contributed by atoms with Crippen molar-refractivity contribution in [2.45, 2.75) is 32.6 Å². The Morgan fingerprint density at radius 3 is 2.56 bits per heavy atom. The van der Waals surface area contributed by atoms with Crippen molar-refractivity contribution in [3.63, 3.8) is 0 Å². The predicted molar refractivity (Wildman–Crippen MR) is 77.5 cm³/mol. The molecule has 100 valence electrons. The Hall–Kier alpha value is -0.570. The van der Waals surface area contributed by atoms with E-state index in [1.165, 1.54) is 0 Å². The van der Waals surface area contributed by atoms with Crippen molar-refractivity contribution in [2.24, 2.45) is 11.7 Å². The molecule has 0 spiro atoms. The molecule has 1 aromatic rings. The molecule has 0 bridgehead atoms. The molecule has 0 radical (unpaired) electrons. The SMILES string of the molecule is CCC(CCN)CCC(=O)c1ccc(Cl)c(Cl)c1. The van der Waals surface area contributed by atoms with E-state index in [2.05, 4.69) is 6.92 Å². The van der Waals surface area contributed by atoms with Crippen molar-refractivity contribution in [1.82, 2.24) is 0 Å². The first-order valence-corrected chi connectivity index (χ1v) is 7.02. The van der Waals surface area contributed by atoms with Gasteiger partial charge in [-0.15, -0.1) is 0 Å². The van der Waals surface area contributed by atoms with Gasteiger partial charge in [-0.3, -0.25) is 4.79 Å². The van der Waals surface area contributed by atoms with E-state index in [9.17, 15) is 4.79 Å². The molecule has 18 heavy (non-hydrogen) atoms. The van der Waals surface area contributed by atoms with Crippen molar-refractivity contribution in [3.05, 3.63) is 33.8 Å². The molecule has 0 aliphatic heterocycles. The van der Waals surface area contributed by atoms with Crippen LogP contribution in [0.2, 0.25) is 10.0 Å². The van der Waals surface area contributed by atoms with Crippen LogP contribution in [0, 0.1) is 5.92 Å². The van der Waals surface area contributed by atoms with Gasteiger partial charge in [0, 0.05) is 12.0 Å². The number of rotatable bonds is 7. The van der Waals surface area contributed by atoms with E-state index in [0.717, 1.165) is 19.3 Å². The molecule has 1 atom stereocenters. The first-order chi connectivity index (χ1) is 8.58. The van der Waals surface area contributed by atoms with E-state index in [1.807, 2.05) is 0 Å². The predicted octanol–water partition coefficient (Wildman–Crippen LogP) is 4.33. The number of nitrogens with two attached hydrogens (primary N) is 1. The van der Waals surface area contributed by atoms with Crippen LogP contribution in [0.15, 0.2) is 18.2 Å². The minimum Gasteiger partial charge on any atom is -0.330 e. The smallest absolute Gasteiger partial charge is 0.162 e. The minimum absolute atomic E-state index is 0.115. The number of hydrogen-bond donors (Lipinski definition) is 1. The van der Waals surface area contributed by atoms with Gasteiger partial charge in [0.25, 0.3) is 0 Å². The largest absolute Gasteiger partial charge is 0.330 e. The zero-order valence-corrected chi connectivity index (χ0v) is 12.1. The number of halogens is 2. The van der Waals surface area contributed by atoms with Crippen molar-refractivity contribution in [3.8, 4) is 0 Å². The van der Waals surface area contributed by atoms with Crippen LogP contribution in [-0.2, 0) is 0 Å². The standard InChI is InChI=1S/C14H19Cl2NO/c1-2-10(7-8-17)3-6-14(18)11-4-5-12(15)13(16)9-11/h4-5,9-10H,2-3,6-8,17H2,1H3. The number of carbonyl (C=O) groups is 1. The lowest BCUT2D eigenvalue weighted by Crippen LogP contribution is -2.10. The Morgan fingerprint density at radius 1 is 1.28 bits per heavy atom. The molecular formula is C14H19Cl2NO. The molecule has 1 unspecified atom stereocenters. The maximum atomic E-state index is 12.0. The van der Waals surface area contributed by atoms with Crippen LogP contribution in [0.25, 0.3) is 0 Å². The van der Waals surface area contributed by atoms with Crippen LogP contribution in [0.4, 0.5) is 0 Å². The van der Waals surface area contributed by atoms with Gasteiger partial charge in [0.2, 0.25) is 0 Å². The fraction of sp³-hybridized carbons (Fsp3) is 0.500. The minimum atomic E-state index is 0.115. The Morgan fingerprint density at radius 2 is 2.00 bits per heavy atom.